The van der Waals surface area contributed by atoms with Crippen LogP contribution in [0.1, 0.15) is 19.0 Å². The third-order valence-corrected chi connectivity index (χ3v) is 4.01. The first-order chi connectivity index (χ1) is 12.1. The minimum Gasteiger partial charge on any atom is -0.493 e. The van der Waals surface area contributed by atoms with Crippen LogP contribution in [0.25, 0.3) is 0 Å². The van der Waals surface area contributed by atoms with Crippen molar-refractivity contribution in [3.8, 4) is 11.5 Å². The molecule has 0 aliphatic rings. The fourth-order valence-corrected chi connectivity index (χ4v) is 2.60. The number of urea groups is 1. The van der Waals surface area contributed by atoms with Crippen molar-refractivity contribution in [3.63, 3.8) is 0 Å². The molecule has 1 heterocycles. The molecule has 0 spiro atoms. The van der Waals surface area contributed by atoms with Crippen molar-refractivity contribution in [2.45, 2.75) is 26.8 Å². The van der Waals surface area contributed by atoms with Crippen LogP contribution in [0.5, 0.6) is 11.5 Å². The fourth-order valence-electron chi connectivity index (χ4n) is 2.60. The smallest absolute Gasteiger partial charge is 0.321 e. The first-order valence-electron chi connectivity index (χ1n) is 8.34. The van der Waals surface area contributed by atoms with Crippen LogP contribution in [0.3, 0.4) is 0 Å². The SMILES string of the molecule is CCN(C(=O)NCCCn1cncc1C)c1ccc(OC)c(OC)c1. The first-order valence-corrected chi connectivity index (χ1v) is 8.34. The lowest BCUT2D eigenvalue weighted by Crippen LogP contribution is -2.40. The van der Waals surface area contributed by atoms with Gasteiger partial charge in [-0.2, -0.15) is 0 Å². The normalized spacial score (nSPS) is 10.4. The molecule has 7 nitrogen and oxygen atoms in total. The maximum absolute atomic E-state index is 12.5. The molecule has 0 radical (unpaired) electrons. The number of anilines is 1. The number of benzene rings is 1. The molecule has 2 aromatic rings. The number of carbonyl (C=O) groups excluding carboxylic acids is 1. The summed E-state index contributed by atoms with van der Waals surface area (Å²) in [4.78, 5) is 18.2. The van der Waals surface area contributed by atoms with Gasteiger partial charge in [-0.3, -0.25) is 4.90 Å². The van der Waals surface area contributed by atoms with Crippen molar-refractivity contribution in [2.24, 2.45) is 0 Å². The molecule has 1 aromatic carbocycles. The summed E-state index contributed by atoms with van der Waals surface area (Å²) >= 11 is 0. The number of aryl methyl sites for hydroxylation is 2. The summed E-state index contributed by atoms with van der Waals surface area (Å²) in [6.07, 6.45) is 4.47. The second-order valence-electron chi connectivity index (χ2n) is 5.60. The van der Waals surface area contributed by atoms with Crippen LogP contribution >= 0.6 is 0 Å². The van der Waals surface area contributed by atoms with Crippen LogP contribution in [0, 0.1) is 6.92 Å². The molecule has 0 aliphatic carbocycles. The maximum Gasteiger partial charge on any atom is 0.321 e. The van der Waals surface area contributed by atoms with Gasteiger partial charge in [0.05, 0.1) is 20.5 Å². The average molecular weight is 346 g/mol. The number of amides is 2. The first kappa shape index (κ1) is 18.6. The van der Waals surface area contributed by atoms with Gasteiger partial charge in [0.2, 0.25) is 0 Å². The number of imidazole rings is 1. The van der Waals surface area contributed by atoms with Gasteiger partial charge in [0.1, 0.15) is 0 Å². The van der Waals surface area contributed by atoms with Gasteiger partial charge >= 0.3 is 6.03 Å². The second kappa shape index (κ2) is 8.96. The molecule has 0 aliphatic heterocycles. The molecule has 0 unspecified atom stereocenters. The number of ether oxygens (including phenoxy) is 2. The quantitative estimate of drug-likeness (QED) is 0.746. The van der Waals surface area contributed by atoms with Crippen LogP contribution in [-0.2, 0) is 6.54 Å². The van der Waals surface area contributed by atoms with Crippen molar-refractivity contribution in [3.05, 3.63) is 36.4 Å². The predicted molar refractivity (Wildman–Crippen MR) is 97.5 cm³/mol. The predicted octanol–water partition coefficient (Wildman–Crippen LogP) is 2.83. The lowest BCUT2D eigenvalue weighted by Gasteiger charge is -2.22. The number of carbonyl (C=O) groups is 1. The molecule has 2 rings (SSSR count). The molecule has 0 atom stereocenters. The molecule has 0 saturated carbocycles. The van der Waals surface area contributed by atoms with Crippen LogP contribution in [0.2, 0.25) is 0 Å². The third-order valence-electron chi connectivity index (χ3n) is 4.01. The highest BCUT2D eigenvalue weighted by atomic mass is 16.5. The zero-order valence-corrected chi connectivity index (χ0v) is 15.3. The molecule has 2 amide bonds. The van der Waals surface area contributed by atoms with E-state index in [0.717, 1.165) is 24.3 Å². The molecule has 0 saturated heterocycles. The molecule has 136 valence electrons. The van der Waals surface area contributed by atoms with E-state index in [4.69, 9.17) is 9.47 Å². The van der Waals surface area contributed by atoms with Crippen LogP contribution in [-0.4, -0.2) is 42.9 Å². The minimum atomic E-state index is -0.128. The van der Waals surface area contributed by atoms with Crippen molar-refractivity contribution < 1.29 is 14.3 Å². The Morgan fingerprint density at radius 2 is 2.04 bits per heavy atom. The largest absolute Gasteiger partial charge is 0.493 e. The zero-order valence-electron chi connectivity index (χ0n) is 15.3. The van der Waals surface area contributed by atoms with Gasteiger partial charge in [0, 0.05) is 43.3 Å². The Morgan fingerprint density at radius 1 is 1.28 bits per heavy atom. The molecular formula is C18H26N4O3. The van der Waals surface area contributed by atoms with E-state index in [1.165, 1.54) is 0 Å². The van der Waals surface area contributed by atoms with Crippen molar-refractivity contribution in [1.29, 1.82) is 0 Å². The Bertz CT molecular complexity index is 699. The molecule has 1 aromatic heterocycles. The Kier molecular flexibility index (Phi) is 6.68. The number of rotatable bonds is 8. The summed E-state index contributed by atoms with van der Waals surface area (Å²) in [5, 5.41) is 2.96. The molecule has 7 heteroatoms. The second-order valence-corrected chi connectivity index (χ2v) is 5.60. The van der Waals surface area contributed by atoms with Crippen molar-refractivity contribution in [2.75, 3.05) is 32.2 Å². The van der Waals surface area contributed by atoms with E-state index < -0.39 is 0 Å². The molecular weight excluding hydrogens is 320 g/mol. The highest BCUT2D eigenvalue weighted by Crippen LogP contribution is 2.31. The number of hydrogen-bond acceptors (Lipinski definition) is 4. The Balaban J connectivity index is 1.93. The van der Waals surface area contributed by atoms with Crippen LogP contribution in [0.15, 0.2) is 30.7 Å². The average Bonchev–Trinajstić information content (AvgIpc) is 3.04. The topological polar surface area (TPSA) is 68.6 Å². The monoisotopic (exact) mass is 346 g/mol. The van der Waals surface area contributed by atoms with Crippen molar-refractivity contribution >= 4 is 11.7 Å². The van der Waals surface area contributed by atoms with Crippen LogP contribution < -0.4 is 19.7 Å². The lowest BCUT2D eigenvalue weighted by atomic mass is 10.2. The Hall–Kier alpha value is -2.70. The van der Waals surface area contributed by atoms with Gasteiger partial charge in [0.15, 0.2) is 11.5 Å². The number of nitrogens with zero attached hydrogens (tertiary/aromatic N) is 3. The summed E-state index contributed by atoms with van der Waals surface area (Å²) in [6.45, 7) is 5.93. The van der Waals surface area contributed by atoms with Gasteiger partial charge in [-0.1, -0.05) is 0 Å². The molecule has 0 bridgehead atoms. The Labute approximate surface area is 148 Å². The van der Waals surface area contributed by atoms with Gasteiger partial charge in [-0.05, 0) is 32.4 Å². The highest BCUT2D eigenvalue weighted by Gasteiger charge is 2.15. The van der Waals surface area contributed by atoms with Gasteiger partial charge in [0.25, 0.3) is 0 Å². The maximum atomic E-state index is 12.5. The van der Waals surface area contributed by atoms with Gasteiger partial charge in [-0.15, -0.1) is 0 Å². The van der Waals surface area contributed by atoms with E-state index >= 15 is 0 Å². The standard InChI is InChI=1S/C18H26N4O3/c1-5-22(15-7-8-16(24-3)17(11-15)25-4)18(23)20-9-6-10-21-13-19-12-14(21)2/h7-8,11-13H,5-6,9-10H2,1-4H3,(H,20,23). The number of nitrogens with one attached hydrogen (secondary N) is 1. The van der Waals surface area contributed by atoms with Crippen molar-refractivity contribution in [1.82, 2.24) is 14.9 Å². The molecule has 25 heavy (non-hydrogen) atoms. The number of aromatic nitrogens is 2. The van der Waals surface area contributed by atoms with E-state index in [1.807, 2.05) is 26.1 Å². The van der Waals surface area contributed by atoms with E-state index in [9.17, 15) is 4.79 Å². The molecule has 0 fully saturated rings. The summed E-state index contributed by atoms with van der Waals surface area (Å²) in [5.74, 6) is 1.24. The van der Waals surface area contributed by atoms with E-state index in [2.05, 4.69) is 14.9 Å². The summed E-state index contributed by atoms with van der Waals surface area (Å²) in [5.41, 5.74) is 1.88. The van der Waals surface area contributed by atoms with E-state index in [0.29, 0.717) is 24.6 Å². The summed E-state index contributed by atoms with van der Waals surface area (Å²) in [6, 6.07) is 5.32. The van der Waals surface area contributed by atoms with E-state index in [-0.39, 0.29) is 6.03 Å². The number of hydrogen-bond donors (Lipinski definition) is 1. The minimum absolute atomic E-state index is 0.128. The third kappa shape index (κ3) is 4.65. The lowest BCUT2D eigenvalue weighted by molar-refractivity contribution is 0.246. The van der Waals surface area contributed by atoms with Gasteiger partial charge < -0.3 is 19.4 Å². The summed E-state index contributed by atoms with van der Waals surface area (Å²) < 4.78 is 12.6. The number of methoxy groups -OCH3 is 2. The zero-order chi connectivity index (χ0) is 18.2. The van der Waals surface area contributed by atoms with Gasteiger partial charge in [-0.25, -0.2) is 9.78 Å². The highest BCUT2D eigenvalue weighted by molar-refractivity contribution is 5.92. The van der Waals surface area contributed by atoms with E-state index in [1.54, 1.807) is 37.6 Å². The summed E-state index contributed by atoms with van der Waals surface area (Å²) in [7, 11) is 3.17. The molecule has 1 N–H and O–H groups in total. The Morgan fingerprint density at radius 3 is 2.64 bits per heavy atom. The fraction of sp³-hybridized carbons (Fsp3) is 0.444. The van der Waals surface area contributed by atoms with Crippen LogP contribution in [0.4, 0.5) is 10.5 Å².